The van der Waals surface area contributed by atoms with Gasteiger partial charge in [0.15, 0.2) is 0 Å². The Morgan fingerprint density at radius 1 is 1.21 bits per heavy atom. The van der Waals surface area contributed by atoms with Crippen LogP contribution in [-0.4, -0.2) is 4.98 Å². The third kappa shape index (κ3) is 2.17. The third-order valence-electron chi connectivity index (χ3n) is 2.75. The fourth-order valence-electron chi connectivity index (χ4n) is 1.84. The molecule has 0 aliphatic rings. The number of hydrogen-bond acceptors (Lipinski definition) is 3. The van der Waals surface area contributed by atoms with E-state index in [4.69, 9.17) is 4.42 Å². The minimum atomic E-state index is -0.604. The van der Waals surface area contributed by atoms with Crippen LogP contribution >= 0.6 is 11.3 Å². The maximum Gasteiger partial charge on any atom is 0.135 e. The molecule has 0 bridgehead atoms. The zero-order valence-electron chi connectivity index (χ0n) is 9.98. The second-order valence-corrected chi connectivity index (χ2v) is 5.26. The molecule has 0 spiro atoms. The van der Waals surface area contributed by atoms with Crippen molar-refractivity contribution in [1.29, 1.82) is 0 Å². The number of hydrogen-bond donors (Lipinski definition) is 0. The van der Waals surface area contributed by atoms with Crippen LogP contribution in [0.25, 0.3) is 21.8 Å². The lowest BCUT2D eigenvalue weighted by Gasteiger charge is -2.00. The van der Waals surface area contributed by atoms with Gasteiger partial charge >= 0.3 is 0 Å². The van der Waals surface area contributed by atoms with Gasteiger partial charge in [0.25, 0.3) is 0 Å². The minimum Gasteiger partial charge on any atom is -0.472 e. The molecule has 0 amide bonds. The normalized spacial score (nSPS) is 10.9. The van der Waals surface area contributed by atoms with Crippen LogP contribution < -0.4 is 0 Å². The molecule has 96 valence electrons. The molecule has 2 aromatic heterocycles. The number of rotatable bonds is 2. The maximum absolute atomic E-state index is 13.8. The summed E-state index contributed by atoms with van der Waals surface area (Å²) in [5, 5.41) is 0.755. The Morgan fingerprint density at radius 2 is 2.05 bits per heavy atom. The molecule has 0 unspecified atom stereocenters. The van der Waals surface area contributed by atoms with Crippen molar-refractivity contribution >= 4 is 11.3 Å². The zero-order chi connectivity index (χ0) is 13.4. The topological polar surface area (TPSA) is 26.0 Å². The minimum absolute atomic E-state index is 0.310. The maximum atomic E-state index is 13.8. The number of thiazole rings is 1. The van der Waals surface area contributed by atoms with E-state index in [9.17, 15) is 8.78 Å². The van der Waals surface area contributed by atoms with E-state index >= 15 is 0 Å². The second kappa shape index (κ2) is 4.59. The quantitative estimate of drug-likeness (QED) is 0.681. The van der Waals surface area contributed by atoms with Crippen molar-refractivity contribution in [2.75, 3.05) is 0 Å². The van der Waals surface area contributed by atoms with E-state index in [0.717, 1.165) is 21.5 Å². The number of aryl methyl sites for hydroxylation is 1. The zero-order valence-corrected chi connectivity index (χ0v) is 10.8. The average molecular weight is 277 g/mol. The molecular formula is C14H9F2NOS. The molecule has 0 fully saturated rings. The number of benzene rings is 1. The number of nitrogens with zero attached hydrogens (tertiary/aromatic N) is 1. The van der Waals surface area contributed by atoms with Crippen LogP contribution in [0.4, 0.5) is 8.78 Å². The Labute approximate surface area is 112 Å². The van der Waals surface area contributed by atoms with Crippen molar-refractivity contribution in [1.82, 2.24) is 4.98 Å². The molecule has 0 saturated carbocycles. The van der Waals surface area contributed by atoms with Crippen LogP contribution in [0.3, 0.4) is 0 Å². The predicted octanol–water partition coefficient (Wildman–Crippen LogP) is 4.66. The lowest BCUT2D eigenvalue weighted by Crippen LogP contribution is -1.88. The molecule has 0 aliphatic carbocycles. The van der Waals surface area contributed by atoms with E-state index in [-0.39, 0.29) is 0 Å². The van der Waals surface area contributed by atoms with Gasteiger partial charge in [-0.15, -0.1) is 11.3 Å². The predicted molar refractivity (Wildman–Crippen MR) is 69.9 cm³/mol. The number of aromatic nitrogens is 1. The Balaban J connectivity index is 2.11. The van der Waals surface area contributed by atoms with Crippen LogP contribution in [0.15, 0.2) is 41.2 Å². The van der Waals surface area contributed by atoms with Crippen molar-refractivity contribution < 1.29 is 13.2 Å². The Bertz CT molecular complexity index is 719. The van der Waals surface area contributed by atoms with Crippen molar-refractivity contribution in [3.05, 3.63) is 53.3 Å². The van der Waals surface area contributed by atoms with Gasteiger partial charge in [0.05, 0.1) is 12.0 Å². The largest absolute Gasteiger partial charge is 0.472 e. The monoisotopic (exact) mass is 277 g/mol. The lowest BCUT2D eigenvalue weighted by molar-refractivity contribution is 0.568. The molecular weight excluding hydrogens is 268 g/mol. The van der Waals surface area contributed by atoms with E-state index in [0.29, 0.717) is 11.3 Å². The molecule has 1 aromatic carbocycles. The Kier molecular flexibility index (Phi) is 2.91. The number of halogens is 2. The van der Waals surface area contributed by atoms with Crippen LogP contribution in [0.2, 0.25) is 0 Å². The van der Waals surface area contributed by atoms with E-state index in [1.165, 1.54) is 23.5 Å². The molecule has 0 atom stereocenters. The molecule has 0 saturated heterocycles. The van der Waals surface area contributed by atoms with Gasteiger partial charge in [0.2, 0.25) is 0 Å². The highest BCUT2D eigenvalue weighted by Crippen LogP contribution is 2.34. The first kappa shape index (κ1) is 12.0. The third-order valence-corrected chi connectivity index (χ3v) is 3.77. The van der Waals surface area contributed by atoms with Gasteiger partial charge < -0.3 is 4.42 Å². The molecule has 19 heavy (non-hydrogen) atoms. The highest BCUT2D eigenvalue weighted by Gasteiger charge is 2.15. The molecule has 2 nitrogen and oxygen atoms in total. The smallest absolute Gasteiger partial charge is 0.135 e. The molecule has 3 rings (SSSR count). The molecule has 0 radical (unpaired) electrons. The first-order valence-corrected chi connectivity index (χ1v) is 6.42. The average Bonchev–Trinajstić information content (AvgIpc) is 2.98. The highest BCUT2D eigenvalue weighted by molar-refractivity contribution is 7.15. The first-order chi connectivity index (χ1) is 9.15. The molecule has 0 N–H and O–H groups in total. The summed E-state index contributed by atoms with van der Waals surface area (Å²) in [5.74, 6) is -1.20. The van der Waals surface area contributed by atoms with E-state index < -0.39 is 11.6 Å². The van der Waals surface area contributed by atoms with Gasteiger partial charge in [-0.05, 0) is 25.1 Å². The summed E-state index contributed by atoms with van der Waals surface area (Å²) in [6.45, 7) is 1.86. The van der Waals surface area contributed by atoms with Crippen molar-refractivity contribution in [3.8, 4) is 21.8 Å². The summed E-state index contributed by atoms with van der Waals surface area (Å²) in [6.07, 6.45) is 3.15. The fraction of sp³-hybridized carbons (Fsp3) is 0.0714. The van der Waals surface area contributed by atoms with Gasteiger partial charge in [-0.2, -0.15) is 0 Å². The highest BCUT2D eigenvalue weighted by atomic mass is 32.1. The van der Waals surface area contributed by atoms with Crippen LogP contribution in [-0.2, 0) is 0 Å². The van der Waals surface area contributed by atoms with Gasteiger partial charge in [-0.1, -0.05) is 0 Å². The summed E-state index contributed by atoms with van der Waals surface area (Å²) < 4.78 is 31.7. The van der Waals surface area contributed by atoms with E-state index in [1.807, 2.05) is 6.92 Å². The summed E-state index contributed by atoms with van der Waals surface area (Å²) in [7, 11) is 0. The number of furan rings is 1. The van der Waals surface area contributed by atoms with E-state index in [2.05, 4.69) is 4.98 Å². The Hall–Kier alpha value is -2.01. The van der Waals surface area contributed by atoms with Crippen molar-refractivity contribution in [2.45, 2.75) is 6.92 Å². The lowest BCUT2D eigenvalue weighted by atomic mass is 10.1. The van der Waals surface area contributed by atoms with Gasteiger partial charge in [0, 0.05) is 22.1 Å². The summed E-state index contributed by atoms with van der Waals surface area (Å²) >= 11 is 1.45. The summed E-state index contributed by atoms with van der Waals surface area (Å²) in [6, 6.07) is 5.30. The van der Waals surface area contributed by atoms with Crippen LogP contribution in [0, 0.1) is 18.6 Å². The second-order valence-electron chi connectivity index (χ2n) is 4.06. The summed E-state index contributed by atoms with van der Waals surface area (Å²) in [5.41, 5.74) is 1.70. The first-order valence-electron chi connectivity index (χ1n) is 5.60. The molecule has 2 heterocycles. The molecule has 0 aliphatic heterocycles. The van der Waals surface area contributed by atoms with E-state index in [1.54, 1.807) is 18.6 Å². The van der Waals surface area contributed by atoms with Crippen LogP contribution in [0.5, 0.6) is 0 Å². The SMILES string of the molecule is Cc1sc(-c2ccoc2)nc1-c1ccc(F)cc1F. The fourth-order valence-corrected chi connectivity index (χ4v) is 2.75. The van der Waals surface area contributed by atoms with Gasteiger partial charge in [-0.3, -0.25) is 0 Å². The van der Waals surface area contributed by atoms with Crippen LogP contribution in [0.1, 0.15) is 4.88 Å². The molecule has 3 aromatic rings. The molecule has 5 heteroatoms. The Morgan fingerprint density at radius 3 is 2.74 bits per heavy atom. The van der Waals surface area contributed by atoms with Gasteiger partial charge in [-0.25, -0.2) is 13.8 Å². The van der Waals surface area contributed by atoms with Crippen molar-refractivity contribution in [2.24, 2.45) is 0 Å². The van der Waals surface area contributed by atoms with Crippen molar-refractivity contribution in [3.63, 3.8) is 0 Å². The summed E-state index contributed by atoms with van der Waals surface area (Å²) in [4.78, 5) is 5.29. The standard InChI is InChI=1S/C14H9F2NOS/c1-8-13(11-3-2-10(15)6-12(11)16)17-14(19-8)9-4-5-18-7-9/h2-7H,1H3. The van der Waals surface area contributed by atoms with Gasteiger partial charge in [0.1, 0.15) is 22.9 Å².